The third kappa shape index (κ3) is 3.61. The molecule has 0 radical (unpaired) electrons. The lowest BCUT2D eigenvalue weighted by Crippen LogP contribution is -2.13. The zero-order valence-electron chi connectivity index (χ0n) is 12.4. The number of hydrogen-bond acceptors (Lipinski definition) is 7. The minimum absolute atomic E-state index is 0.0140. The van der Waals surface area contributed by atoms with Crippen LogP contribution in [0.3, 0.4) is 0 Å². The number of rotatable bonds is 6. The maximum Gasteiger partial charge on any atom is 0.406 e. The van der Waals surface area contributed by atoms with Crippen molar-refractivity contribution >= 4 is 11.8 Å². The highest BCUT2D eigenvalue weighted by atomic mass is 16.6. The van der Waals surface area contributed by atoms with Gasteiger partial charge in [-0.15, -0.1) is 0 Å². The van der Waals surface area contributed by atoms with Crippen LogP contribution in [-0.2, 0) is 17.9 Å². The highest BCUT2D eigenvalue weighted by Gasteiger charge is 2.19. The number of carbonyl (C=O) groups is 1. The van der Waals surface area contributed by atoms with Crippen LogP contribution in [0, 0.1) is 10.1 Å². The van der Waals surface area contributed by atoms with E-state index in [-0.39, 0.29) is 18.9 Å². The second-order valence-electron chi connectivity index (χ2n) is 4.51. The molecule has 0 fully saturated rings. The number of nitrogens with two attached hydrogens (primary N) is 1. The second kappa shape index (κ2) is 7.32. The summed E-state index contributed by atoms with van der Waals surface area (Å²) in [5.41, 5.74) is 7.21. The summed E-state index contributed by atoms with van der Waals surface area (Å²) in [6.45, 7) is 0.128. The number of benzene rings is 1. The Hall–Kier alpha value is -3.00. The summed E-state index contributed by atoms with van der Waals surface area (Å²) in [6.07, 6.45) is 1.30. The minimum Gasteiger partial charge on any atom is -0.481 e. The van der Waals surface area contributed by atoms with Crippen LogP contribution in [0.1, 0.15) is 21.5 Å². The molecule has 0 saturated carbocycles. The molecule has 8 heteroatoms. The van der Waals surface area contributed by atoms with Gasteiger partial charge in [-0.1, -0.05) is 12.1 Å². The Morgan fingerprint density at radius 2 is 2.13 bits per heavy atom. The third-order valence-electron chi connectivity index (χ3n) is 3.19. The Balaban J connectivity index is 2.34. The van der Waals surface area contributed by atoms with Gasteiger partial charge in [-0.05, 0) is 33.7 Å². The van der Waals surface area contributed by atoms with E-state index in [1.807, 2.05) is 0 Å². The van der Waals surface area contributed by atoms with Gasteiger partial charge in [-0.25, -0.2) is 4.79 Å². The maximum atomic E-state index is 11.8. The quantitative estimate of drug-likeness (QED) is 0.490. The number of esters is 1. The molecule has 0 aliphatic rings. The van der Waals surface area contributed by atoms with Crippen LogP contribution in [-0.4, -0.2) is 23.0 Å². The monoisotopic (exact) mass is 317 g/mol. The Bertz CT molecular complexity index is 733. The maximum absolute atomic E-state index is 11.8. The van der Waals surface area contributed by atoms with E-state index in [0.717, 1.165) is 0 Å². The Morgan fingerprint density at radius 1 is 1.35 bits per heavy atom. The molecule has 0 atom stereocenters. The summed E-state index contributed by atoms with van der Waals surface area (Å²) >= 11 is 0. The summed E-state index contributed by atoms with van der Waals surface area (Å²) in [4.78, 5) is 25.8. The summed E-state index contributed by atoms with van der Waals surface area (Å²) in [5, 5.41) is 10.9. The van der Waals surface area contributed by atoms with Crippen LogP contribution in [0.4, 0.5) is 5.82 Å². The van der Waals surface area contributed by atoms with Crippen molar-refractivity contribution in [1.29, 1.82) is 0 Å². The molecule has 1 heterocycles. The predicted molar refractivity (Wildman–Crippen MR) is 80.9 cm³/mol. The molecule has 8 nitrogen and oxygen atoms in total. The number of carbonyl (C=O) groups excluding carboxylic acids is 1. The predicted octanol–water partition coefficient (Wildman–Crippen LogP) is 1.81. The second-order valence-corrected chi connectivity index (χ2v) is 4.51. The zero-order chi connectivity index (χ0) is 16.8. The lowest BCUT2D eigenvalue weighted by atomic mass is 10.0. The molecular weight excluding hydrogens is 302 g/mol. The van der Waals surface area contributed by atoms with Gasteiger partial charge in [0, 0.05) is 12.1 Å². The van der Waals surface area contributed by atoms with Gasteiger partial charge < -0.3 is 25.3 Å². The first-order chi connectivity index (χ1) is 11.1. The van der Waals surface area contributed by atoms with Crippen molar-refractivity contribution < 1.29 is 19.2 Å². The molecule has 0 amide bonds. The molecule has 0 aliphatic carbocycles. The summed E-state index contributed by atoms with van der Waals surface area (Å²) in [5.74, 6) is -0.905. The van der Waals surface area contributed by atoms with Crippen molar-refractivity contribution in [2.45, 2.75) is 13.2 Å². The average molecular weight is 317 g/mol. The van der Waals surface area contributed by atoms with Crippen LogP contribution >= 0.6 is 0 Å². The molecule has 2 rings (SSSR count). The van der Waals surface area contributed by atoms with Crippen molar-refractivity contribution in [2.24, 2.45) is 5.73 Å². The van der Waals surface area contributed by atoms with Crippen LogP contribution < -0.4 is 10.5 Å². The number of pyridine rings is 1. The first-order valence-electron chi connectivity index (χ1n) is 6.69. The first kappa shape index (κ1) is 16.4. The summed E-state index contributed by atoms with van der Waals surface area (Å²) in [7, 11) is 1.27. The van der Waals surface area contributed by atoms with Gasteiger partial charge >= 0.3 is 11.8 Å². The fourth-order valence-electron chi connectivity index (χ4n) is 2.08. The largest absolute Gasteiger partial charge is 0.481 e. The van der Waals surface area contributed by atoms with Crippen LogP contribution in [0.15, 0.2) is 36.5 Å². The molecule has 0 aliphatic heterocycles. The standard InChI is InChI=1S/C15H15N3O5/c1-22-15(19)11-5-2-4-10(8-16)12(11)9-23-13-6-3-7-17-14(13)18(20)21/h2-7H,8-9,16H2,1H3. The smallest absolute Gasteiger partial charge is 0.406 e. The van der Waals surface area contributed by atoms with E-state index in [4.69, 9.17) is 15.2 Å². The first-order valence-corrected chi connectivity index (χ1v) is 6.69. The van der Waals surface area contributed by atoms with Gasteiger partial charge in [-0.3, -0.25) is 0 Å². The van der Waals surface area contributed by atoms with Crippen molar-refractivity contribution in [3.05, 3.63) is 63.3 Å². The van der Waals surface area contributed by atoms with Crippen LogP contribution in [0.5, 0.6) is 5.75 Å². The van der Waals surface area contributed by atoms with Gasteiger partial charge in [0.2, 0.25) is 5.75 Å². The molecule has 1 aromatic carbocycles. The highest BCUT2D eigenvalue weighted by molar-refractivity contribution is 5.91. The Morgan fingerprint density at radius 3 is 2.78 bits per heavy atom. The van der Waals surface area contributed by atoms with Gasteiger partial charge in [0.25, 0.3) is 0 Å². The SMILES string of the molecule is COC(=O)c1cccc(CN)c1COc1cccnc1[N+](=O)[O-]. The molecule has 0 unspecified atom stereocenters. The van der Waals surface area contributed by atoms with Crippen molar-refractivity contribution in [2.75, 3.05) is 7.11 Å². The lowest BCUT2D eigenvalue weighted by molar-refractivity contribution is -0.390. The van der Waals surface area contributed by atoms with E-state index in [1.165, 1.54) is 25.4 Å². The van der Waals surface area contributed by atoms with Gasteiger partial charge in [0.1, 0.15) is 12.8 Å². The van der Waals surface area contributed by atoms with Crippen LogP contribution in [0.25, 0.3) is 0 Å². The number of ether oxygens (including phenoxy) is 2. The normalized spacial score (nSPS) is 10.2. The van der Waals surface area contributed by atoms with Crippen molar-refractivity contribution in [1.82, 2.24) is 4.98 Å². The number of aromatic nitrogens is 1. The summed E-state index contributed by atoms with van der Waals surface area (Å²) in [6, 6.07) is 7.99. The molecule has 120 valence electrons. The van der Waals surface area contributed by atoms with Crippen molar-refractivity contribution in [3.8, 4) is 5.75 Å². The van der Waals surface area contributed by atoms with E-state index >= 15 is 0 Å². The molecule has 0 saturated heterocycles. The molecular formula is C15H15N3O5. The van der Waals surface area contributed by atoms with E-state index in [0.29, 0.717) is 16.7 Å². The third-order valence-corrected chi connectivity index (χ3v) is 3.19. The van der Waals surface area contributed by atoms with E-state index < -0.39 is 16.7 Å². The molecule has 23 heavy (non-hydrogen) atoms. The van der Waals surface area contributed by atoms with Gasteiger partial charge in [0.15, 0.2) is 0 Å². The lowest BCUT2D eigenvalue weighted by Gasteiger charge is -2.13. The van der Waals surface area contributed by atoms with Crippen molar-refractivity contribution in [3.63, 3.8) is 0 Å². The minimum atomic E-state index is -0.634. The van der Waals surface area contributed by atoms with Crippen LogP contribution in [0.2, 0.25) is 0 Å². The molecule has 2 aromatic rings. The van der Waals surface area contributed by atoms with E-state index in [2.05, 4.69) is 4.98 Å². The Kier molecular flexibility index (Phi) is 5.21. The topological polar surface area (TPSA) is 118 Å². The van der Waals surface area contributed by atoms with E-state index in [1.54, 1.807) is 18.2 Å². The molecule has 1 aromatic heterocycles. The number of nitrogens with zero attached hydrogens (tertiary/aromatic N) is 2. The molecule has 0 spiro atoms. The fraction of sp³-hybridized carbons (Fsp3) is 0.200. The number of methoxy groups -OCH3 is 1. The fourth-order valence-corrected chi connectivity index (χ4v) is 2.08. The van der Waals surface area contributed by atoms with E-state index in [9.17, 15) is 14.9 Å². The number of hydrogen-bond donors (Lipinski definition) is 1. The van der Waals surface area contributed by atoms with Gasteiger partial charge in [0.05, 0.1) is 12.7 Å². The molecule has 2 N–H and O–H groups in total. The highest BCUT2D eigenvalue weighted by Crippen LogP contribution is 2.25. The average Bonchev–Trinajstić information content (AvgIpc) is 2.58. The zero-order valence-corrected chi connectivity index (χ0v) is 12.4. The Labute approximate surface area is 132 Å². The number of nitro groups is 1. The van der Waals surface area contributed by atoms with Gasteiger partial charge in [-0.2, -0.15) is 0 Å². The summed E-state index contributed by atoms with van der Waals surface area (Å²) < 4.78 is 10.2. The molecule has 0 bridgehead atoms.